The number of aliphatic hydroxyl groups excluding tert-OH is 1. The van der Waals surface area contributed by atoms with Gasteiger partial charge in [-0.25, -0.2) is 25.3 Å². The van der Waals surface area contributed by atoms with Gasteiger partial charge in [-0.3, -0.25) is 5.32 Å². The van der Waals surface area contributed by atoms with Gasteiger partial charge in [-0.05, 0) is 41.3 Å². The number of alkyl carbamates (subject to hydrolysis) is 1. The van der Waals surface area contributed by atoms with Crippen molar-refractivity contribution in [2.45, 2.75) is 62.6 Å². The average Bonchev–Trinajstić information content (AvgIpc) is 3.70. The minimum atomic E-state index is -4.03. The van der Waals surface area contributed by atoms with E-state index < -0.39 is 34.4 Å². The number of hydrogen-bond donors (Lipinski definition) is 4. The molecular weight excluding hydrogens is 867 g/mol. The molecular formula is C37H46N4O6SU. The first-order chi connectivity index (χ1) is 23.2. The molecule has 10 nitrogen and oxygen atoms in total. The number of nitrogens with one attached hydrogen (secondary N) is 3. The van der Waals surface area contributed by atoms with Crippen LogP contribution in [0.25, 0.3) is 6.08 Å². The molecule has 260 valence electrons. The van der Waals surface area contributed by atoms with E-state index in [4.69, 9.17) is 9.47 Å². The molecule has 2 aliphatic heterocycles. The van der Waals surface area contributed by atoms with Gasteiger partial charge in [-0.1, -0.05) is 81.1 Å². The smallest absolute Gasteiger partial charge is 0.443 e. The molecule has 4 N–H and O–H groups in total. The number of rotatable bonds is 16. The third kappa shape index (κ3) is 11.5. The van der Waals surface area contributed by atoms with Crippen LogP contribution in [0.15, 0.2) is 83.8 Å². The average molecular weight is 913 g/mol. The topological polar surface area (TPSA) is 129 Å². The molecule has 49 heavy (non-hydrogen) atoms. The maximum absolute atomic E-state index is 14.1. The van der Waals surface area contributed by atoms with Gasteiger partial charge < -0.3 is 42.9 Å². The van der Waals surface area contributed by atoms with Gasteiger partial charge >= 0.3 is 37.2 Å². The second-order valence-electron chi connectivity index (χ2n) is 12.7. The van der Waals surface area contributed by atoms with Crippen LogP contribution in [0.5, 0.6) is 0 Å². The van der Waals surface area contributed by atoms with Crippen molar-refractivity contribution < 1.29 is 58.9 Å². The van der Waals surface area contributed by atoms with Crippen molar-refractivity contribution >= 4 is 22.2 Å². The SMILES string of the molecule is CC(C)CN(C[C@@H](O)[C@H](Cc1ccccc1)NC(=O)OC1CO[C@H]2NCC[C@@H]12)S(=O)(=O)c1cc[c-]c(C=[C-]CNCc2ccccc2)c1.[U+2]. The minimum absolute atomic E-state index is 0. The molecule has 0 aliphatic carbocycles. The summed E-state index contributed by atoms with van der Waals surface area (Å²) in [4.78, 5) is 13.2. The van der Waals surface area contributed by atoms with Crippen molar-refractivity contribution in [2.75, 3.05) is 32.8 Å². The molecule has 2 heterocycles. The number of hydrogen-bond acceptors (Lipinski definition) is 8. The van der Waals surface area contributed by atoms with Crippen molar-refractivity contribution in [3.63, 3.8) is 0 Å². The van der Waals surface area contributed by atoms with Crippen molar-refractivity contribution in [1.82, 2.24) is 20.3 Å². The quantitative estimate of drug-likeness (QED) is 0.127. The predicted octanol–water partition coefficient (Wildman–Crippen LogP) is 3.77. The van der Waals surface area contributed by atoms with Crippen LogP contribution in [0.3, 0.4) is 0 Å². The molecule has 3 aromatic carbocycles. The molecule has 0 saturated carbocycles. The monoisotopic (exact) mass is 912 g/mol. The third-order valence-electron chi connectivity index (χ3n) is 8.50. The van der Waals surface area contributed by atoms with E-state index in [-0.39, 0.29) is 73.6 Å². The number of aliphatic hydroxyl groups is 1. The molecule has 5 atom stereocenters. The number of benzene rings is 3. The Bertz CT molecular complexity index is 1590. The van der Waals surface area contributed by atoms with E-state index in [0.717, 1.165) is 24.1 Å². The van der Waals surface area contributed by atoms with E-state index in [1.54, 1.807) is 18.2 Å². The van der Waals surface area contributed by atoms with Gasteiger partial charge in [-0.2, -0.15) is 10.4 Å². The van der Waals surface area contributed by atoms with Crippen LogP contribution in [0.2, 0.25) is 0 Å². The largest absolute Gasteiger partial charge is 2.00 e. The number of carbonyl (C=O) groups excluding carboxylic acids is 1. The van der Waals surface area contributed by atoms with Crippen molar-refractivity contribution in [3.05, 3.63) is 108 Å². The van der Waals surface area contributed by atoms with Crippen LogP contribution in [0.1, 0.15) is 37.0 Å². The maximum atomic E-state index is 14.1. The summed E-state index contributed by atoms with van der Waals surface area (Å²) in [5.41, 5.74) is 2.62. The second kappa shape index (κ2) is 19.2. The molecule has 0 spiro atoms. The summed E-state index contributed by atoms with van der Waals surface area (Å²) in [6.07, 6.45) is 3.58. The zero-order valence-electron chi connectivity index (χ0n) is 28.0. The van der Waals surface area contributed by atoms with Crippen LogP contribution in [-0.4, -0.2) is 81.2 Å². The standard InChI is InChI=1S/C37H46N4O6S.U/c1-27(2)24-41(48(44,45)31-17-9-15-28(21-31)16-10-19-38-23-30-13-7-4-8-14-30)25-34(42)33(22-29-11-5-3-6-12-29)40-37(43)47-35-26-46-36-32(35)18-20-39-36;/h3-9,11-14,16-17,21,27,32-36,38-39,42H,18-20,22-26H2,1-2H3,(H,40,43);/q-2;+2/t32-,33-,34+,35?,36+;/m0./s1. The van der Waals surface area contributed by atoms with Gasteiger partial charge in [0.15, 0.2) is 0 Å². The molecule has 0 aromatic heterocycles. The first-order valence-corrected chi connectivity index (χ1v) is 18.0. The first kappa shape index (κ1) is 39.3. The van der Waals surface area contributed by atoms with E-state index in [1.165, 1.54) is 10.4 Å². The summed E-state index contributed by atoms with van der Waals surface area (Å²) in [7, 11) is -4.03. The Balaban J connectivity index is 0.00000541. The van der Waals surface area contributed by atoms with Crippen LogP contribution >= 0.6 is 0 Å². The van der Waals surface area contributed by atoms with Gasteiger partial charge in [-0.15, -0.1) is 6.07 Å². The zero-order chi connectivity index (χ0) is 33.9. The number of nitrogens with zero attached hydrogens (tertiary/aromatic N) is 1. The molecule has 12 heteroatoms. The van der Waals surface area contributed by atoms with Gasteiger partial charge in [0.05, 0.1) is 18.8 Å². The number of amides is 1. The van der Waals surface area contributed by atoms with Crippen molar-refractivity contribution in [1.29, 1.82) is 0 Å². The summed E-state index contributed by atoms with van der Waals surface area (Å²) in [5.74, 6) is 0.0531. The number of sulfonamides is 1. The zero-order valence-corrected chi connectivity index (χ0v) is 33.0. The summed E-state index contributed by atoms with van der Waals surface area (Å²) >= 11 is 0. The van der Waals surface area contributed by atoms with Crippen LogP contribution in [-0.2, 0) is 32.5 Å². The Labute approximate surface area is 314 Å². The summed E-state index contributed by atoms with van der Waals surface area (Å²) in [6, 6.07) is 26.4. The summed E-state index contributed by atoms with van der Waals surface area (Å²) in [6.45, 7) is 6.07. The fraction of sp³-hybridized carbons (Fsp3) is 0.432. The first-order valence-electron chi connectivity index (χ1n) is 16.6. The molecule has 2 aliphatic rings. The van der Waals surface area contributed by atoms with E-state index in [0.29, 0.717) is 25.3 Å². The van der Waals surface area contributed by atoms with Gasteiger partial charge in [0, 0.05) is 25.6 Å². The second-order valence-corrected chi connectivity index (χ2v) is 14.7. The summed E-state index contributed by atoms with van der Waals surface area (Å²) in [5, 5.41) is 21.0. The molecule has 2 fully saturated rings. The third-order valence-corrected chi connectivity index (χ3v) is 10.3. The predicted molar refractivity (Wildman–Crippen MR) is 184 cm³/mol. The fourth-order valence-corrected chi connectivity index (χ4v) is 7.74. The van der Waals surface area contributed by atoms with E-state index >= 15 is 0 Å². The molecule has 1 amide bonds. The van der Waals surface area contributed by atoms with Crippen LogP contribution < -0.4 is 16.0 Å². The Morgan fingerprint density at radius 3 is 2.55 bits per heavy atom. The molecule has 5 rings (SSSR count). The van der Waals surface area contributed by atoms with Crippen molar-refractivity contribution in [3.8, 4) is 0 Å². The Hall–Kier alpha value is -2.53. The van der Waals surface area contributed by atoms with Crippen LogP contribution in [0.4, 0.5) is 4.79 Å². The van der Waals surface area contributed by atoms with Gasteiger partial charge in [0.1, 0.15) is 12.3 Å². The van der Waals surface area contributed by atoms with E-state index in [1.807, 2.05) is 74.5 Å². The fourth-order valence-electron chi connectivity index (χ4n) is 6.08. The molecule has 0 radical (unpaired) electrons. The van der Waals surface area contributed by atoms with Gasteiger partial charge in [0.2, 0.25) is 10.0 Å². The molecule has 2 saturated heterocycles. The Morgan fingerprint density at radius 1 is 1.12 bits per heavy atom. The molecule has 0 bridgehead atoms. The number of carbonyl (C=O) groups is 1. The summed E-state index contributed by atoms with van der Waals surface area (Å²) < 4.78 is 40.9. The van der Waals surface area contributed by atoms with Gasteiger partial charge in [0.25, 0.3) is 0 Å². The molecule has 3 aromatic rings. The van der Waals surface area contributed by atoms with E-state index in [2.05, 4.69) is 28.1 Å². The number of ether oxygens (including phenoxy) is 2. The van der Waals surface area contributed by atoms with Crippen molar-refractivity contribution in [2.24, 2.45) is 11.8 Å². The maximum Gasteiger partial charge on any atom is 2.00 e. The minimum Gasteiger partial charge on any atom is -0.443 e. The molecule has 1 unspecified atom stereocenters. The number of fused-ring (bicyclic) bond motifs is 1. The van der Waals surface area contributed by atoms with Crippen LogP contribution in [0, 0.1) is 55.1 Å². The normalized spacial score (nSPS) is 20.2. The Morgan fingerprint density at radius 2 is 1.84 bits per heavy atom. The Kier molecular flexibility index (Phi) is 15.4. The van der Waals surface area contributed by atoms with E-state index in [9.17, 15) is 18.3 Å².